The number of rotatable bonds is 3. The zero-order chi connectivity index (χ0) is 13.0. The molecule has 0 aliphatic heterocycles. The van der Waals surface area contributed by atoms with Gasteiger partial charge >= 0.3 is 0 Å². The summed E-state index contributed by atoms with van der Waals surface area (Å²) in [6, 6.07) is 10.2. The molecule has 1 N–H and O–H groups in total. The molecule has 92 valence electrons. The molecule has 1 aromatic heterocycles. The molecule has 0 unspecified atom stereocenters. The molecular formula is C13H11FN2OS. The maximum absolute atomic E-state index is 13.3. The maximum atomic E-state index is 13.3. The van der Waals surface area contributed by atoms with Crippen LogP contribution >= 0.6 is 11.8 Å². The molecule has 1 amide bonds. The standard InChI is InChI=1S/C13H11FN2OS/c1-18-10-6-4-9(5-7-10)16-13(17)11-3-2-8-15-12(11)14/h2-8H,1H3,(H,16,17). The van der Waals surface area contributed by atoms with Gasteiger partial charge in [0.05, 0.1) is 5.56 Å². The van der Waals surface area contributed by atoms with Gasteiger partial charge in [-0.1, -0.05) is 0 Å². The summed E-state index contributed by atoms with van der Waals surface area (Å²) >= 11 is 1.61. The number of pyridine rings is 1. The Kier molecular flexibility index (Phi) is 3.94. The van der Waals surface area contributed by atoms with Gasteiger partial charge in [-0.3, -0.25) is 4.79 Å². The fourth-order valence-electron chi connectivity index (χ4n) is 1.43. The van der Waals surface area contributed by atoms with Crippen molar-refractivity contribution in [2.75, 3.05) is 11.6 Å². The summed E-state index contributed by atoms with van der Waals surface area (Å²) in [4.78, 5) is 16.3. The zero-order valence-corrected chi connectivity index (χ0v) is 10.5. The predicted octanol–water partition coefficient (Wildman–Crippen LogP) is 3.19. The largest absolute Gasteiger partial charge is 0.322 e. The molecule has 0 spiro atoms. The van der Waals surface area contributed by atoms with E-state index in [0.717, 1.165) is 4.90 Å². The third kappa shape index (κ3) is 2.87. The number of hydrogen-bond acceptors (Lipinski definition) is 3. The summed E-state index contributed by atoms with van der Waals surface area (Å²) in [7, 11) is 0. The Morgan fingerprint density at radius 3 is 2.61 bits per heavy atom. The van der Waals surface area contributed by atoms with E-state index >= 15 is 0 Å². The van der Waals surface area contributed by atoms with Crippen molar-refractivity contribution >= 4 is 23.4 Å². The maximum Gasteiger partial charge on any atom is 0.260 e. The lowest BCUT2D eigenvalue weighted by Crippen LogP contribution is -2.14. The number of aromatic nitrogens is 1. The van der Waals surface area contributed by atoms with Crippen LogP contribution in [0, 0.1) is 5.95 Å². The van der Waals surface area contributed by atoms with Crippen LogP contribution in [0.4, 0.5) is 10.1 Å². The van der Waals surface area contributed by atoms with Gasteiger partial charge in [-0.15, -0.1) is 11.8 Å². The van der Waals surface area contributed by atoms with E-state index in [2.05, 4.69) is 10.3 Å². The monoisotopic (exact) mass is 262 g/mol. The van der Waals surface area contributed by atoms with Crippen molar-refractivity contribution in [3.05, 3.63) is 54.1 Å². The van der Waals surface area contributed by atoms with Crippen LogP contribution in [0.5, 0.6) is 0 Å². The van der Waals surface area contributed by atoms with E-state index in [9.17, 15) is 9.18 Å². The molecule has 3 nitrogen and oxygen atoms in total. The van der Waals surface area contributed by atoms with Crippen molar-refractivity contribution in [2.45, 2.75) is 4.90 Å². The van der Waals surface area contributed by atoms with E-state index in [0.29, 0.717) is 5.69 Å². The van der Waals surface area contributed by atoms with Crippen molar-refractivity contribution in [2.24, 2.45) is 0 Å². The molecule has 0 aliphatic carbocycles. The molecule has 2 aromatic rings. The average Bonchev–Trinajstić information content (AvgIpc) is 2.40. The van der Waals surface area contributed by atoms with Gasteiger partial charge in [-0.05, 0) is 42.7 Å². The molecule has 1 aromatic carbocycles. The Morgan fingerprint density at radius 1 is 1.28 bits per heavy atom. The minimum atomic E-state index is -0.768. The van der Waals surface area contributed by atoms with E-state index < -0.39 is 11.9 Å². The van der Waals surface area contributed by atoms with Gasteiger partial charge in [0.2, 0.25) is 5.95 Å². The molecule has 1 heterocycles. The number of carbonyl (C=O) groups excluding carboxylic acids is 1. The van der Waals surface area contributed by atoms with Gasteiger partial charge in [0.15, 0.2) is 0 Å². The van der Waals surface area contributed by atoms with Crippen LogP contribution in [0.25, 0.3) is 0 Å². The summed E-state index contributed by atoms with van der Waals surface area (Å²) in [5.41, 5.74) is 0.562. The second-order valence-electron chi connectivity index (χ2n) is 3.52. The smallest absolute Gasteiger partial charge is 0.260 e. The molecule has 0 atom stereocenters. The lowest BCUT2D eigenvalue weighted by molar-refractivity contribution is 0.102. The average molecular weight is 262 g/mol. The number of thioether (sulfide) groups is 1. The van der Waals surface area contributed by atoms with Gasteiger partial charge < -0.3 is 5.32 Å². The highest BCUT2D eigenvalue weighted by atomic mass is 32.2. The molecule has 0 aliphatic rings. The third-order valence-corrected chi connectivity index (χ3v) is 3.10. The van der Waals surface area contributed by atoms with Gasteiger partial charge in [0.25, 0.3) is 5.91 Å². The Morgan fingerprint density at radius 2 is 2.00 bits per heavy atom. The molecule has 0 saturated heterocycles. The Bertz CT molecular complexity index is 557. The Hall–Kier alpha value is -1.88. The van der Waals surface area contributed by atoms with E-state index in [4.69, 9.17) is 0 Å². The number of carbonyl (C=O) groups is 1. The second kappa shape index (κ2) is 5.64. The predicted molar refractivity (Wildman–Crippen MR) is 70.4 cm³/mol. The summed E-state index contributed by atoms with van der Waals surface area (Å²) in [5, 5.41) is 2.62. The molecule has 5 heteroatoms. The summed E-state index contributed by atoms with van der Waals surface area (Å²) in [6.07, 6.45) is 3.28. The van der Waals surface area contributed by atoms with Gasteiger partial charge in [-0.2, -0.15) is 4.39 Å². The van der Waals surface area contributed by atoms with Crippen LogP contribution in [0.3, 0.4) is 0 Å². The van der Waals surface area contributed by atoms with Gasteiger partial charge in [-0.25, -0.2) is 4.98 Å². The molecule has 0 bridgehead atoms. The highest BCUT2D eigenvalue weighted by Gasteiger charge is 2.11. The van der Waals surface area contributed by atoms with Gasteiger partial charge in [0.1, 0.15) is 0 Å². The molecule has 0 fully saturated rings. The minimum absolute atomic E-state index is 0.0635. The number of amides is 1. The SMILES string of the molecule is CSc1ccc(NC(=O)c2cccnc2F)cc1. The lowest BCUT2D eigenvalue weighted by Gasteiger charge is -2.06. The summed E-state index contributed by atoms with van der Waals surface area (Å²) in [6.45, 7) is 0. The molecule has 0 radical (unpaired) electrons. The van der Waals surface area contributed by atoms with Crippen molar-refractivity contribution in [1.82, 2.24) is 4.98 Å². The third-order valence-electron chi connectivity index (χ3n) is 2.35. The van der Waals surface area contributed by atoms with Crippen molar-refractivity contribution in [1.29, 1.82) is 0 Å². The minimum Gasteiger partial charge on any atom is -0.322 e. The van der Waals surface area contributed by atoms with Crippen LogP contribution in [0.15, 0.2) is 47.5 Å². The molecular weight excluding hydrogens is 251 g/mol. The first-order valence-corrected chi connectivity index (χ1v) is 6.49. The van der Waals surface area contributed by atoms with Crippen LogP contribution in [-0.4, -0.2) is 17.1 Å². The Labute approximate surface area is 108 Å². The highest BCUT2D eigenvalue weighted by molar-refractivity contribution is 7.98. The zero-order valence-electron chi connectivity index (χ0n) is 9.68. The topological polar surface area (TPSA) is 42.0 Å². The van der Waals surface area contributed by atoms with Crippen LogP contribution in [0.2, 0.25) is 0 Å². The van der Waals surface area contributed by atoms with E-state index in [1.54, 1.807) is 23.9 Å². The lowest BCUT2D eigenvalue weighted by atomic mass is 10.2. The molecule has 18 heavy (non-hydrogen) atoms. The van der Waals surface area contributed by atoms with Crippen molar-refractivity contribution in [3.8, 4) is 0 Å². The molecule has 0 saturated carbocycles. The van der Waals surface area contributed by atoms with E-state index in [1.807, 2.05) is 18.4 Å². The quantitative estimate of drug-likeness (QED) is 0.682. The van der Waals surface area contributed by atoms with Gasteiger partial charge in [0, 0.05) is 16.8 Å². The first-order chi connectivity index (χ1) is 8.70. The van der Waals surface area contributed by atoms with Crippen LogP contribution in [-0.2, 0) is 0 Å². The molecule has 2 rings (SSSR count). The Balaban J connectivity index is 2.14. The van der Waals surface area contributed by atoms with Crippen LogP contribution < -0.4 is 5.32 Å². The number of anilines is 1. The second-order valence-corrected chi connectivity index (χ2v) is 4.40. The normalized spacial score (nSPS) is 10.1. The number of halogens is 1. The van der Waals surface area contributed by atoms with E-state index in [-0.39, 0.29) is 5.56 Å². The first kappa shape index (κ1) is 12.6. The summed E-state index contributed by atoms with van der Waals surface area (Å²) in [5.74, 6) is -1.27. The fraction of sp³-hybridized carbons (Fsp3) is 0.0769. The number of benzene rings is 1. The van der Waals surface area contributed by atoms with E-state index in [1.165, 1.54) is 18.3 Å². The van der Waals surface area contributed by atoms with Crippen LogP contribution in [0.1, 0.15) is 10.4 Å². The summed E-state index contributed by atoms with van der Waals surface area (Å²) < 4.78 is 13.3. The van der Waals surface area contributed by atoms with Crippen molar-refractivity contribution in [3.63, 3.8) is 0 Å². The number of hydrogen-bond donors (Lipinski definition) is 1. The fourth-order valence-corrected chi connectivity index (χ4v) is 1.84. The van der Waals surface area contributed by atoms with Crippen molar-refractivity contribution < 1.29 is 9.18 Å². The highest BCUT2D eigenvalue weighted by Crippen LogP contribution is 2.18. The number of nitrogens with one attached hydrogen (secondary N) is 1. The number of nitrogens with zero attached hydrogens (tertiary/aromatic N) is 1. The first-order valence-electron chi connectivity index (χ1n) is 5.26.